The maximum atomic E-state index is 12.3. The van der Waals surface area contributed by atoms with Crippen molar-refractivity contribution >= 4 is 17.2 Å². The molecule has 0 aromatic carbocycles. The van der Waals surface area contributed by atoms with Crippen LogP contribution in [0.25, 0.3) is 0 Å². The van der Waals surface area contributed by atoms with Gasteiger partial charge < -0.3 is 10.0 Å². The lowest BCUT2D eigenvalue weighted by Gasteiger charge is -2.16. The van der Waals surface area contributed by atoms with Crippen LogP contribution in [0.1, 0.15) is 26.5 Å². The van der Waals surface area contributed by atoms with Crippen molar-refractivity contribution < 1.29 is 9.90 Å². The second-order valence-electron chi connectivity index (χ2n) is 4.63. The molecular formula is C16H16N2O2S. The normalized spacial score (nSPS) is 9.86. The van der Waals surface area contributed by atoms with Gasteiger partial charge in [0.25, 0.3) is 5.91 Å². The van der Waals surface area contributed by atoms with Crippen molar-refractivity contribution in [3.05, 3.63) is 51.5 Å². The zero-order valence-electron chi connectivity index (χ0n) is 12.0. The SMILES string of the molecule is Cc1cc(C(=O)N(C)Cc2csc(C#CCO)c2)ccn1. The lowest BCUT2D eigenvalue weighted by Crippen LogP contribution is -2.26. The quantitative estimate of drug-likeness (QED) is 0.883. The van der Waals surface area contributed by atoms with E-state index in [-0.39, 0.29) is 12.5 Å². The lowest BCUT2D eigenvalue weighted by molar-refractivity contribution is 0.0785. The van der Waals surface area contributed by atoms with Crippen molar-refractivity contribution in [2.45, 2.75) is 13.5 Å². The molecule has 0 spiro atoms. The third-order valence-corrected chi connectivity index (χ3v) is 3.75. The summed E-state index contributed by atoms with van der Waals surface area (Å²) < 4.78 is 0. The molecule has 0 aliphatic carbocycles. The van der Waals surface area contributed by atoms with E-state index in [1.165, 1.54) is 11.3 Å². The number of aromatic nitrogens is 1. The first-order chi connectivity index (χ1) is 10.1. The van der Waals surface area contributed by atoms with Crippen LogP contribution in [-0.2, 0) is 6.54 Å². The van der Waals surface area contributed by atoms with E-state index in [1.54, 1.807) is 30.3 Å². The zero-order valence-corrected chi connectivity index (χ0v) is 12.8. The molecule has 0 saturated heterocycles. The van der Waals surface area contributed by atoms with Gasteiger partial charge in [-0.2, -0.15) is 0 Å². The van der Waals surface area contributed by atoms with Crippen molar-refractivity contribution in [3.8, 4) is 11.8 Å². The van der Waals surface area contributed by atoms with Gasteiger partial charge in [-0.1, -0.05) is 11.8 Å². The van der Waals surface area contributed by atoms with Crippen LogP contribution in [0.5, 0.6) is 0 Å². The fraction of sp³-hybridized carbons (Fsp3) is 0.250. The van der Waals surface area contributed by atoms with Crippen molar-refractivity contribution in [1.82, 2.24) is 9.88 Å². The van der Waals surface area contributed by atoms with Gasteiger partial charge in [0.05, 0.1) is 4.88 Å². The third kappa shape index (κ3) is 4.15. The molecule has 0 radical (unpaired) electrons. The molecule has 0 unspecified atom stereocenters. The molecule has 108 valence electrons. The number of thiophene rings is 1. The van der Waals surface area contributed by atoms with Crippen LogP contribution in [-0.4, -0.2) is 34.6 Å². The molecule has 1 amide bonds. The fourth-order valence-electron chi connectivity index (χ4n) is 1.90. The van der Waals surface area contributed by atoms with Crippen LogP contribution in [0.15, 0.2) is 29.8 Å². The van der Waals surface area contributed by atoms with Gasteiger partial charge in [-0.25, -0.2) is 0 Å². The van der Waals surface area contributed by atoms with Crippen molar-refractivity contribution in [1.29, 1.82) is 0 Å². The van der Waals surface area contributed by atoms with Gasteiger partial charge in [0.2, 0.25) is 0 Å². The first kappa shape index (κ1) is 15.2. The molecule has 0 atom stereocenters. The van der Waals surface area contributed by atoms with E-state index < -0.39 is 0 Å². The number of carbonyl (C=O) groups excluding carboxylic acids is 1. The van der Waals surface area contributed by atoms with Gasteiger partial charge >= 0.3 is 0 Å². The highest BCUT2D eigenvalue weighted by atomic mass is 32.1. The molecule has 1 N–H and O–H groups in total. The van der Waals surface area contributed by atoms with Gasteiger partial charge in [0, 0.05) is 31.0 Å². The second kappa shape index (κ2) is 7.02. The van der Waals surface area contributed by atoms with E-state index in [2.05, 4.69) is 16.8 Å². The summed E-state index contributed by atoms with van der Waals surface area (Å²) in [6.07, 6.45) is 1.64. The smallest absolute Gasteiger partial charge is 0.254 e. The number of pyridine rings is 1. The summed E-state index contributed by atoms with van der Waals surface area (Å²) in [5, 5.41) is 10.6. The van der Waals surface area contributed by atoms with Crippen molar-refractivity contribution in [2.75, 3.05) is 13.7 Å². The van der Waals surface area contributed by atoms with E-state index in [0.29, 0.717) is 12.1 Å². The fourth-order valence-corrected chi connectivity index (χ4v) is 2.67. The summed E-state index contributed by atoms with van der Waals surface area (Å²) in [4.78, 5) is 19.0. The predicted molar refractivity (Wildman–Crippen MR) is 83.1 cm³/mol. The van der Waals surface area contributed by atoms with Crippen LogP contribution in [0.2, 0.25) is 0 Å². The minimum atomic E-state index is -0.146. The Morgan fingerprint density at radius 2 is 2.29 bits per heavy atom. The van der Waals surface area contributed by atoms with E-state index in [4.69, 9.17) is 5.11 Å². The molecular weight excluding hydrogens is 284 g/mol. The van der Waals surface area contributed by atoms with E-state index in [9.17, 15) is 4.79 Å². The standard InChI is InChI=1S/C16H16N2O2S/c1-12-8-14(5-6-17-12)16(20)18(2)10-13-9-15(21-11-13)4-3-7-19/h5-6,8-9,11,19H,7,10H2,1-2H3. The summed E-state index contributed by atoms with van der Waals surface area (Å²) in [6, 6.07) is 5.44. The Morgan fingerprint density at radius 1 is 1.48 bits per heavy atom. The third-order valence-electron chi connectivity index (χ3n) is 2.85. The summed E-state index contributed by atoms with van der Waals surface area (Å²) >= 11 is 1.51. The van der Waals surface area contributed by atoms with Crippen LogP contribution < -0.4 is 0 Å². The summed E-state index contributed by atoms with van der Waals surface area (Å²) in [5.74, 6) is 5.44. The monoisotopic (exact) mass is 300 g/mol. The number of aliphatic hydroxyl groups excluding tert-OH is 1. The zero-order chi connectivity index (χ0) is 15.2. The number of nitrogens with zero attached hydrogens (tertiary/aromatic N) is 2. The van der Waals surface area contributed by atoms with E-state index >= 15 is 0 Å². The minimum Gasteiger partial charge on any atom is -0.384 e. The maximum absolute atomic E-state index is 12.3. The number of carbonyl (C=O) groups is 1. The molecule has 0 saturated carbocycles. The van der Waals surface area contributed by atoms with Gasteiger partial charge in [-0.3, -0.25) is 9.78 Å². The highest BCUT2D eigenvalue weighted by Crippen LogP contribution is 2.16. The molecule has 0 aliphatic heterocycles. The van der Waals surface area contributed by atoms with Gasteiger partial charge in [0.1, 0.15) is 6.61 Å². The summed E-state index contributed by atoms with van der Waals surface area (Å²) in [7, 11) is 1.77. The molecule has 2 heterocycles. The maximum Gasteiger partial charge on any atom is 0.254 e. The Bertz CT molecular complexity index is 698. The Hall–Kier alpha value is -2.16. The highest BCUT2D eigenvalue weighted by molar-refractivity contribution is 7.10. The Balaban J connectivity index is 2.05. The number of hydrogen-bond donors (Lipinski definition) is 1. The van der Waals surface area contributed by atoms with Crippen molar-refractivity contribution in [3.63, 3.8) is 0 Å². The highest BCUT2D eigenvalue weighted by Gasteiger charge is 2.13. The molecule has 2 aromatic heterocycles. The summed E-state index contributed by atoms with van der Waals surface area (Å²) in [6.45, 7) is 2.24. The summed E-state index contributed by atoms with van der Waals surface area (Å²) in [5.41, 5.74) is 2.50. The Labute approximate surface area is 128 Å². The first-order valence-electron chi connectivity index (χ1n) is 6.45. The Morgan fingerprint density at radius 3 is 3.00 bits per heavy atom. The van der Waals surface area contributed by atoms with Crippen LogP contribution >= 0.6 is 11.3 Å². The van der Waals surface area contributed by atoms with Crippen LogP contribution in [0.4, 0.5) is 0 Å². The Kier molecular flexibility index (Phi) is 5.09. The van der Waals surface area contributed by atoms with Gasteiger partial charge in [0.15, 0.2) is 0 Å². The number of aryl methyl sites for hydroxylation is 1. The topological polar surface area (TPSA) is 53.4 Å². The molecule has 0 bridgehead atoms. The van der Waals surface area contributed by atoms with E-state index in [0.717, 1.165) is 16.1 Å². The number of rotatable bonds is 3. The average Bonchev–Trinajstić information content (AvgIpc) is 2.91. The molecule has 5 heteroatoms. The lowest BCUT2D eigenvalue weighted by atomic mass is 10.2. The molecule has 4 nitrogen and oxygen atoms in total. The predicted octanol–water partition coefficient (Wildman–Crippen LogP) is 2.07. The van der Waals surface area contributed by atoms with Crippen LogP contribution in [0.3, 0.4) is 0 Å². The number of amides is 1. The number of aliphatic hydroxyl groups is 1. The second-order valence-corrected chi connectivity index (χ2v) is 5.54. The van der Waals surface area contributed by atoms with Gasteiger partial charge in [-0.05, 0) is 36.1 Å². The molecule has 2 rings (SSSR count). The van der Waals surface area contributed by atoms with Gasteiger partial charge in [-0.15, -0.1) is 11.3 Å². The molecule has 2 aromatic rings. The number of hydrogen-bond acceptors (Lipinski definition) is 4. The van der Waals surface area contributed by atoms with Crippen molar-refractivity contribution in [2.24, 2.45) is 0 Å². The largest absolute Gasteiger partial charge is 0.384 e. The van der Waals surface area contributed by atoms with Crippen LogP contribution in [0, 0.1) is 18.8 Å². The molecule has 0 fully saturated rings. The minimum absolute atomic E-state index is 0.0327. The first-order valence-corrected chi connectivity index (χ1v) is 7.33. The molecule has 0 aliphatic rings. The molecule has 21 heavy (non-hydrogen) atoms. The average molecular weight is 300 g/mol. The van der Waals surface area contributed by atoms with E-state index in [1.807, 2.05) is 18.4 Å².